The number of nitrogens with zero attached hydrogens (tertiary/aromatic N) is 3. The van der Waals surface area contributed by atoms with Gasteiger partial charge in [0.05, 0.1) is 39.3 Å². The Bertz CT molecular complexity index is 614. The van der Waals surface area contributed by atoms with Crippen molar-refractivity contribution in [1.82, 2.24) is 20.4 Å². The third kappa shape index (κ3) is 2.63. The largest absolute Gasteiger partial charge is 0.493 e. The second-order valence-electron chi connectivity index (χ2n) is 4.31. The van der Waals surface area contributed by atoms with Crippen molar-refractivity contribution in [2.45, 2.75) is 6.04 Å². The summed E-state index contributed by atoms with van der Waals surface area (Å²) in [6.45, 7) is 0. The highest BCUT2D eigenvalue weighted by Crippen LogP contribution is 2.43. The first-order valence-electron chi connectivity index (χ1n) is 6.27. The van der Waals surface area contributed by atoms with E-state index in [1.165, 1.54) is 0 Å². The zero-order valence-electron chi connectivity index (χ0n) is 12.5. The molecule has 0 bridgehead atoms. The quantitative estimate of drug-likeness (QED) is 0.587. The lowest BCUT2D eigenvalue weighted by Gasteiger charge is -2.21. The molecule has 1 aromatic heterocycles. The van der Waals surface area contributed by atoms with E-state index < -0.39 is 0 Å². The van der Waals surface area contributed by atoms with E-state index in [0.29, 0.717) is 17.2 Å². The van der Waals surface area contributed by atoms with Crippen LogP contribution in [0.4, 0.5) is 0 Å². The first kappa shape index (κ1) is 15.1. The van der Waals surface area contributed by atoms with Crippen LogP contribution in [0.3, 0.4) is 0 Å². The number of hydrogen-bond acceptors (Lipinski definition) is 7. The van der Waals surface area contributed by atoms with Gasteiger partial charge in [0.25, 0.3) is 0 Å². The van der Waals surface area contributed by atoms with Gasteiger partial charge in [0.1, 0.15) is 0 Å². The Labute approximate surface area is 122 Å². The van der Waals surface area contributed by atoms with Gasteiger partial charge >= 0.3 is 0 Å². The van der Waals surface area contributed by atoms with Crippen molar-refractivity contribution in [2.75, 3.05) is 21.3 Å². The van der Waals surface area contributed by atoms with Crippen LogP contribution in [0, 0.1) is 0 Å². The van der Waals surface area contributed by atoms with E-state index in [4.69, 9.17) is 20.1 Å². The highest BCUT2D eigenvalue weighted by molar-refractivity contribution is 5.57. The van der Waals surface area contributed by atoms with Crippen LogP contribution >= 0.6 is 0 Å². The number of nitrogens with two attached hydrogens (primary N) is 1. The molecule has 21 heavy (non-hydrogen) atoms. The lowest BCUT2D eigenvalue weighted by molar-refractivity contribution is 0.320. The van der Waals surface area contributed by atoms with Gasteiger partial charge < -0.3 is 14.2 Å². The van der Waals surface area contributed by atoms with E-state index in [2.05, 4.69) is 15.7 Å². The van der Waals surface area contributed by atoms with E-state index in [1.807, 2.05) is 6.07 Å². The second kappa shape index (κ2) is 6.42. The fourth-order valence-electron chi connectivity index (χ4n) is 2.25. The highest BCUT2D eigenvalue weighted by Gasteiger charge is 2.25. The molecule has 0 aliphatic heterocycles. The van der Waals surface area contributed by atoms with Gasteiger partial charge in [-0.15, -0.1) is 5.10 Å². The molecular weight excluding hydrogens is 274 g/mol. The van der Waals surface area contributed by atoms with Gasteiger partial charge in [0.15, 0.2) is 11.5 Å². The number of rotatable bonds is 6. The molecule has 1 aromatic carbocycles. The van der Waals surface area contributed by atoms with E-state index in [0.717, 1.165) is 11.3 Å². The minimum Gasteiger partial charge on any atom is -0.493 e. The summed E-state index contributed by atoms with van der Waals surface area (Å²) in [5, 5.41) is 7.79. The van der Waals surface area contributed by atoms with Crippen molar-refractivity contribution in [2.24, 2.45) is 12.9 Å². The standard InChI is InChI=1S/C13H19N5O3/c1-18-9(7-15-17-18)11(16-14)8-5-6-10(19-2)13(21-4)12(8)20-3/h5-7,11,16H,14H2,1-4H3. The van der Waals surface area contributed by atoms with E-state index in [-0.39, 0.29) is 6.04 Å². The van der Waals surface area contributed by atoms with Crippen molar-refractivity contribution in [1.29, 1.82) is 0 Å². The zero-order valence-corrected chi connectivity index (χ0v) is 12.5. The Morgan fingerprint density at radius 2 is 1.86 bits per heavy atom. The molecule has 0 saturated carbocycles. The molecule has 0 spiro atoms. The fourth-order valence-corrected chi connectivity index (χ4v) is 2.25. The molecule has 1 unspecified atom stereocenters. The summed E-state index contributed by atoms with van der Waals surface area (Å²) in [5.74, 6) is 7.33. The Kier molecular flexibility index (Phi) is 4.61. The first-order valence-corrected chi connectivity index (χ1v) is 6.27. The summed E-state index contributed by atoms with van der Waals surface area (Å²) in [5.41, 5.74) is 4.34. The van der Waals surface area contributed by atoms with E-state index in [1.54, 1.807) is 45.3 Å². The first-order chi connectivity index (χ1) is 10.2. The number of aromatic nitrogens is 3. The smallest absolute Gasteiger partial charge is 0.203 e. The van der Waals surface area contributed by atoms with Crippen LogP contribution < -0.4 is 25.5 Å². The van der Waals surface area contributed by atoms with Crippen LogP contribution in [0.1, 0.15) is 17.3 Å². The minimum absolute atomic E-state index is 0.347. The number of benzene rings is 1. The molecule has 2 rings (SSSR count). The summed E-state index contributed by atoms with van der Waals surface area (Å²) in [6.07, 6.45) is 1.64. The molecule has 114 valence electrons. The van der Waals surface area contributed by atoms with Crippen LogP contribution in [0.5, 0.6) is 17.2 Å². The molecule has 0 aliphatic rings. The zero-order chi connectivity index (χ0) is 15.4. The SMILES string of the molecule is COc1ccc(C(NN)c2cnnn2C)c(OC)c1OC. The van der Waals surface area contributed by atoms with Crippen LogP contribution in [-0.4, -0.2) is 36.3 Å². The molecule has 0 aliphatic carbocycles. The summed E-state index contributed by atoms with van der Waals surface area (Å²) >= 11 is 0. The van der Waals surface area contributed by atoms with Gasteiger partial charge in [-0.25, -0.2) is 5.43 Å². The Balaban J connectivity index is 2.59. The third-order valence-corrected chi connectivity index (χ3v) is 3.26. The van der Waals surface area contributed by atoms with E-state index >= 15 is 0 Å². The van der Waals surface area contributed by atoms with Gasteiger partial charge in [-0.05, 0) is 12.1 Å². The van der Waals surface area contributed by atoms with Gasteiger partial charge in [0, 0.05) is 12.6 Å². The summed E-state index contributed by atoms with van der Waals surface area (Å²) in [7, 11) is 6.48. The average molecular weight is 293 g/mol. The van der Waals surface area contributed by atoms with Crippen molar-refractivity contribution >= 4 is 0 Å². The van der Waals surface area contributed by atoms with Gasteiger partial charge in [0.2, 0.25) is 5.75 Å². The lowest BCUT2D eigenvalue weighted by Crippen LogP contribution is -2.30. The maximum absolute atomic E-state index is 5.70. The maximum atomic E-state index is 5.70. The number of nitrogens with one attached hydrogen (secondary N) is 1. The van der Waals surface area contributed by atoms with Gasteiger partial charge in [-0.1, -0.05) is 5.21 Å². The van der Waals surface area contributed by atoms with Crippen LogP contribution in [0.25, 0.3) is 0 Å². The molecule has 0 fully saturated rings. The molecule has 3 N–H and O–H groups in total. The highest BCUT2D eigenvalue weighted by atomic mass is 16.5. The Morgan fingerprint density at radius 3 is 2.33 bits per heavy atom. The molecule has 8 nitrogen and oxygen atoms in total. The molecule has 0 saturated heterocycles. The molecule has 1 heterocycles. The summed E-state index contributed by atoms with van der Waals surface area (Å²) < 4.78 is 17.8. The van der Waals surface area contributed by atoms with Crippen LogP contribution in [0.2, 0.25) is 0 Å². The average Bonchev–Trinajstić information content (AvgIpc) is 2.93. The van der Waals surface area contributed by atoms with Crippen LogP contribution in [-0.2, 0) is 7.05 Å². The van der Waals surface area contributed by atoms with Gasteiger partial charge in [-0.2, -0.15) is 0 Å². The predicted octanol–water partition coefficient (Wildman–Crippen LogP) is 0.394. The molecule has 0 radical (unpaired) electrons. The summed E-state index contributed by atoms with van der Waals surface area (Å²) in [4.78, 5) is 0. The maximum Gasteiger partial charge on any atom is 0.203 e. The van der Waals surface area contributed by atoms with Crippen LogP contribution in [0.15, 0.2) is 18.3 Å². The molecule has 0 amide bonds. The Morgan fingerprint density at radius 1 is 1.14 bits per heavy atom. The van der Waals surface area contributed by atoms with Crippen molar-refractivity contribution in [3.05, 3.63) is 29.6 Å². The molecular formula is C13H19N5O3. The third-order valence-electron chi connectivity index (χ3n) is 3.26. The molecule has 1 atom stereocenters. The monoisotopic (exact) mass is 293 g/mol. The minimum atomic E-state index is -0.347. The normalized spacial score (nSPS) is 12.0. The molecule has 8 heteroatoms. The number of methoxy groups -OCH3 is 3. The van der Waals surface area contributed by atoms with E-state index in [9.17, 15) is 0 Å². The number of aryl methyl sites for hydroxylation is 1. The van der Waals surface area contributed by atoms with Gasteiger partial charge in [-0.3, -0.25) is 10.5 Å². The van der Waals surface area contributed by atoms with Crippen molar-refractivity contribution in [3.63, 3.8) is 0 Å². The number of hydrogen-bond donors (Lipinski definition) is 2. The fraction of sp³-hybridized carbons (Fsp3) is 0.385. The lowest BCUT2D eigenvalue weighted by atomic mass is 10.0. The number of hydrazine groups is 1. The topological polar surface area (TPSA) is 96.5 Å². The Hall–Kier alpha value is -2.32. The second-order valence-corrected chi connectivity index (χ2v) is 4.31. The predicted molar refractivity (Wildman–Crippen MR) is 76.3 cm³/mol. The summed E-state index contributed by atoms with van der Waals surface area (Å²) in [6, 6.07) is 3.31. The number of ether oxygens (including phenoxy) is 3. The van der Waals surface area contributed by atoms with Crippen molar-refractivity contribution < 1.29 is 14.2 Å². The molecule has 2 aromatic rings. The van der Waals surface area contributed by atoms with Crippen molar-refractivity contribution in [3.8, 4) is 17.2 Å².